The third kappa shape index (κ3) is 4.00. The number of carbonyl (C=O) groups is 1. The molecule has 0 aromatic heterocycles. The average molecular weight is 561 g/mol. The second-order valence-corrected chi connectivity index (χ2v) is 11.9. The Morgan fingerprint density at radius 2 is 1.56 bits per heavy atom. The van der Waals surface area contributed by atoms with Gasteiger partial charge in [0.05, 0.1) is 5.02 Å². The summed E-state index contributed by atoms with van der Waals surface area (Å²) in [6, 6.07) is 21.8. The minimum absolute atomic E-state index is 0.0387. The first kappa shape index (κ1) is 25.5. The Kier molecular flexibility index (Phi) is 5.99. The molecule has 4 aromatic rings. The second kappa shape index (κ2) is 9.16. The van der Waals surface area contributed by atoms with Crippen LogP contribution in [0.3, 0.4) is 0 Å². The molecule has 0 bridgehead atoms. The molecule has 2 aliphatic carbocycles. The maximum absolute atomic E-state index is 15.2. The summed E-state index contributed by atoms with van der Waals surface area (Å²) in [7, 11) is -4.56. The summed E-state index contributed by atoms with van der Waals surface area (Å²) in [6.07, 6.45) is 1.77. The van der Waals surface area contributed by atoms with Crippen molar-refractivity contribution in [3.8, 4) is 5.75 Å². The summed E-state index contributed by atoms with van der Waals surface area (Å²) in [5.74, 6) is -3.08. The Morgan fingerprint density at radius 3 is 2.26 bits per heavy atom. The molecule has 3 unspecified atom stereocenters. The normalized spacial score (nSPS) is 20.1. The van der Waals surface area contributed by atoms with E-state index in [1.54, 1.807) is 55.5 Å². The molecule has 0 heterocycles. The average Bonchev–Trinajstić information content (AvgIpc) is 2.90. The minimum Gasteiger partial charge on any atom is -0.506 e. The molecule has 5 nitrogen and oxygen atoms in total. The number of ketones is 1. The van der Waals surface area contributed by atoms with Gasteiger partial charge in [-0.15, -0.1) is 0 Å². The molecule has 8 heteroatoms. The molecule has 0 radical (unpaired) electrons. The molecule has 0 spiro atoms. The first-order valence-corrected chi connectivity index (χ1v) is 14.2. The number of halogens is 2. The fourth-order valence-electron chi connectivity index (χ4n) is 6.09. The molecule has 2 N–H and O–H groups in total. The van der Waals surface area contributed by atoms with Crippen molar-refractivity contribution >= 4 is 39.2 Å². The van der Waals surface area contributed by atoms with Crippen LogP contribution < -0.4 is 10.4 Å². The van der Waals surface area contributed by atoms with Crippen LogP contribution in [0.15, 0.2) is 78.9 Å². The number of aromatic hydroxyl groups is 1. The lowest BCUT2D eigenvalue weighted by Crippen LogP contribution is -2.40. The Labute approximate surface area is 228 Å². The topological polar surface area (TPSA) is 91.7 Å². The first-order chi connectivity index (χ1) is 18.6. The zero-order chi connectivity index (χ0) is 27.6. The smallest absolute Gasteiger partial charge is 0.269 e. The SMILES string of the molecule is CC1c2c3c(ccc2=CC(c2ccccc2)C1S(=O)(=O)O)=c1ccccc1=C(c1cc(O)c(Cl)cc1F)C3=O. The van der Waals surface area contributed by atoms with Crippen LogP contribution in [-0.2, 0) is 10.1 Å². The van der Waals surface area contributed by atoms with Gasteiger partial charge in [0.25, 0.3) is 10.1 Å². The van der Waals surface area contributed by atoms with Gasteiger partial charge in [0.1, 0.15) is 16.8 Å². The van der Waals surface area contributed by atoms with Gasteiger partial charge in [-0.05, 0) is 44.1 Å². The van der Waals surface area contributed by atoms with Gasteiger partial charge in [0, 0.05) is 28.5 Å². The highest BCUT2D eigenvalue weighted by atomic mass is 35.5. The van der Waals surface area contributed by atoms with E-state index in [4.69, 9.17) is 11.6 Å². The lowest BCUT2D eigenvalue weighted by molar-refractivity contribution is 0.105. The molecule has 39 heavy (non-hydrogen) atoms. The number of hydrogen-bond donors (Lipinski definition) is 2. The van der Waals surface area contributed by atoms with Crippen LogP contribution in [0.1, 0.15) is 45.8 Å². The second-order valence-electron chi connectivity index (χ2n) is 9.90. The van der Waals surface area contributed by atoms with Crippen molar-refractivity contribution < 1.29 is 27.3 Å². The molecule has 196 valence electrons. The van der Waals surface area contributed by atoms with E-state index in [1.807, 2.05) is 24.3 Å². The van der Waals surface area contributed by atoms with Crippen LogP contribution in [0.5, 0.6) is 5.75 Å². The van der Waals surface area contributed by atoms with Crippen LogP contribution in [-0.4, -0.2) is 29.1 Å². The van der Waals surface area contributed by atoms with E-state index >= 15 is 4.39 Å². The molecule has 2 aliphatic rings. The van der Waals surface area contributed by atoms with Gasteiger partial charge < -0.3 is 5.11 Å². The first-order valence-electron chi connectivity index (χ1n) is 12.3. The molecular formula is C31H22ClFO5S. The molecule has 0 aliphatic heterocycles. The summed E-state index contributed by atoms with van der Waals surface area (Å²) in [5.41, 5.74) is 1.37. The molecular weight excluding hydrogens is 539 g/mol. The maximum Gasteiger partial charge on any atom is 0.269 e. The Bertz CT molecular complexity index is 2020. The molecule has 4 aromatic carbocycles. The van der Waals surface area contributed by atoms with E-state index in [9.17, 15) is 22.9 Å². The van der Waals surface area contributed by atoms with Crippen molar-refractivity contribution in [1.29, 1.82) is 0 Å². The Hall–Kier alpha value is -3.78. The third-order valence-electron chi connectivity index (χ3n) is 7.72. The molecule has 0 saturated carbocycles. The number of phenolic OH excluding ortho intramolecular Hbond substituents is 1. The summed E-state index contributed by atoms with van der Waals surface area (Å²) in [5, 5.41) is 11.2. The van der Waals surface area contributed by atoms with Crippen molar-refractivity contribution in [1.82, 2.24) is 0 Å². The quantitative estimate of drug-likeness (QED) is 0.351. The molecule has 6 rings (SSSR count). The third-order valence-corrected chi connectivity index (χ3v) is 9.41. The van der Waals surface area contributed by atoms with Crippen LogP contribution in [0, 0.1) is 16.3 Å². The number of rotatable bonds is 3. The molecule has 3 atom stereocenters. The van der Waals surface area contributed by atoms with E-state index < -0.39 is 38.8 Å². The van der Waals surface area contributed by atoms with Crippen LogP contribution in [0.2, 0.25) is 5.02 Å². The van der Waals surface area contributed by atoms with E-state index in [1.165, 1.54) is 0 Å². The number of fused-ring (bicyclic) bond motifs is 4. The lowest BCUT2D eigenvalue weighted by atomic mass is 9.75. The van der Waals surface area contributed by atoms with Crippen molar-refractivity contribution in [2.24, 2.45) is 0 Å². The molecule has 0 saturated heterocycles. The minimum atomic E-state index is -4.56. The van der Waals surface area contributed by atoms with Crippen molar-refractivity contribution in [2.45, 2.75) is 24.0 Å². The predicted octanol–water partition coefficient (Wildman–Crippen LogP) is 4.80. The Balaban J connectivity index is 1.73. The summed E-state index contributed by atoms with van der Waals surface area (Å²) < 4.78 is 51.2. The van der Waals surface area contributed by atoms with E-state index in [0.29, 0.717) is 26.4 Å². The van der Waals surface area contributed by atoms with E-state index in [-0.39, 0.29) is 27.5 Å². The van der Waals surface area contributed by atoms with Gasteiger partial charge in [-0.25, -0.2) is 4.39 Å². The van der Waals surface area contributed by atoms with Gasteiger partial charge in [-0.2, -0.15) is 8.42 Å². The highest BCUT2D eigenvalue weighted by Crippen LogP contribution is 2.41. The fraction of sp³-hybridized carbons (Fsp3) is 0.129. The summed E-state index contributed by atoms with van der Waals surface area (Å²) >= 11 is 5.91. The number of carbonyl (C=O) groups excluding carboxylic acids is 1. The van der Waals surface area contributed by atoms with E-state index in [0.717, 1.165) is 17.7 Å². The van der Waals surface area contributed by atoms with Crippen LogP contribution in [0.25, 0.3) is 11.6 Å². The van der Waals surface area contributed by atoms with Crippen molar-refractivity contribution in [2.75, 3.05) is 0 Å². The van der Waals surface area contributed by atoms with Gasteiger partial charge in [0.2, 0.25) is 0 Å². The number of phenols is 1. The van der Waals surface area contributed by atoms with Gasteiger partial charge >= 0.3 is 0 Å². The highest BCUT2D eigenvalue weighted by Gasteiger charge is 2.42. The van der Waals surface area contributed by atoms with Crippen molar-refractivity contribution in [3.05, 3.63) is 133 Å². The standard InChI is InChI=1S/C31H22ClFO5S/c1-16-27-18(13-22(31(16)39(36,37)38)17-7-3-2-4-8-17)11-12-21-19-9-5-6-10-20(19)28(30(35)29(21)27)23-14-26(34)24(32)15-25(23)33/h2-16,22,31,34H,1H3,(H,36,37,38). The Morgan fingerprint density at radius 1 is 0.897 bits per heavy atom. The van der Waals surface area contributed by atoms with Crippen LogP contribution in [0.4, 0.5) is 4.39 Å². The largest absolute Gasteiger partial charge is 0.506 e. The molecule has 0 fully saturated rings. The van der Waals surface area contributed by atoms with Gasteiger partial charge in [0.15, 0.2) is 5.78 Å². The van der Waals surface area contributed by atoms with Crippen LogP contribution >= 0.6 is 11.6 Å². The van der Waals surface area contributed by atoms with E-state index in [2.05, 4.69) is 0 Å². The van der Waals surface area contributed by atoms with Crippen molar-refractivity contribution in [3.63, 3.8) is 0 Å². The number of Topliss-reactive ketones (excluding diaryl/α,β-unsaturated/α-hetero) is 1. The van der Waals surface area contributed by atoms with Gasteiger partial charge in [-0.1, -0.05) is 91.3 Å². The summed E-state index contributed by atoms with van der Waals surface area (Å²) in [4.78, 5) is 14.3. The maximum atomic E-state index is 15.2. The highest BCUT2D eigenvalue weighted by molar-refractivity contribution is 7.86. The monoisotopic (exact) mass is 560 g/mol. The molecule has 0 amide bonds. The zero-order valence-corrected chi connectivity index (χ0v) is 22.2. The summed E-state index contributed by atoms with van der Waals surface area (Å²) in [6.45, 7) is 1.68. The zero-order valence-electron chi connectivity index (χ0n) is 20.6. The fourth-order valence-corrected chi connectivity index (χ4v) is 7.50. The number of benzene rings is 4. The lowest BCUT2D eigenvalue weighted by Gasteiger charge is -2.34. The number of hydrogen-bond acceptors (Lipinski definition) is 4. The van der Waals surface area contributed by atoms with Gasteiger partial charge in [-0.3, -0.25) is 9.35 Å². The predicted molar refractivity (Wildman–Crippen MR) is 147 cm³/mol.